The van der Waals surface area contributed by atoms with Crippen molar-refractivity contribution in [2.75, 3.05) is 14.1 Å². The molecule has 1 heterocycles. The van der Waals surface area contributed by atoms with Crippen molar-refractivity contribution < 1.29 is 14.3 Å². The highest BCUT2D eigenvalue weighted by Gasteiger charge is 2.33. The van der Waals surface area contributed by atoms with Gasteiger partial charge in [0.25, 0.3) is 0 Å². The fourth-order valence-electron chi connectivity index (χ4n) is 1.58. The first-order chi connectivity index (χ1) is 9.55. The molecular weight excluding hydrogens is 290 g/mol. The SMILES string of the molecule is CN(C)Cc1cnc(C(C)(C=O)NC(=O)OC(C)(C)C)s1. The number of hydrogen-bond donors (Lipinski definition) is 1. The number of rotatable bonds is 5. The molecule has 7 heteroatoms. The second-order valence-corrected chi connectivity index (χ2v) is 7.43. The fourth-order valence-corrected chi connectivity index (χ4v) is 2.67. The number of hydrogen-bond acceptors (Lipinski definition) is 6. The van der Waals surface area contributed by atoms with Gasteiger partial charge in [0, 0.05) is 17.6 Å². The summed E-state index contributed by atoms with van der Waals surface area (Å²) in [6.07, 6.45) is 1.76. The van der Waals surface area contributed by atoms with Gasteiger partial charge >= 0.3 is 6.09 Å². The summed E-state index contributed by atoms with van der Waals surface area (Å²) in [5, 5.41) is 3.13. The molecule has 0 saturated heterocycles. The highest BCUT2D eigenvalue weighted by molar-refractivity contribution is 7.11. The van der Waals surface area contributed by atoms with Crippen LogP contribution in [0.2, 0.25) is 0 Å². The Kier molecular flexibility index (Phi) is 5.47. The number of alkyl carbamates (subject to hydrolysis) is 1. The molecule has 118 valence electrons. The van der Waals surface area contributed by atoms with Crippen LogP contribution in [0, 0.1) is 0 Å². The van der Waals surface area contributed by atoms with Crippen LogP contribution >= 0.6 is 11.3 Å². The quantitative estimate of drug-likeness (QED) is 0.843. The van der Waals surface area contributed by atoms with E-state index in [9.17, 15) is 9.59 Å². The van der Waals surface area contributed by atoms with Crippen molar-refractivity contribution in [3.63, 3.8) is 0 Å². The zero-order chi connectivity index (χ0) is 16.3. The minimum Gasteiger partial charge on any atom is -0.444 e. The molecule has 0 fully saturated rings. The van der Waals surface area contributed by atoms with Crippen molar-refractivity contribution in [3.05, 3.63) is 16.1 Å². The zero-order valence-corrected chi connectivity index (χ0v) is 14.2. The first-order valence-corrected chi connectivity index (χ1v) is 7.45. The molecule has 0 aliphatic heterocycles. The molecule has 0 aromatic carbocycles. The average molecular weight is 313 g/mol. The smallest absolute Gasteiger partial charge is 0.408 e. The summed E-state index contributed by atoms with van der Waals surface area (Å²) in [6.45, 7) is 7.65. The molecule has 1 aromatic heterocycles. The van der Waals surface area contributed by atoms with Crippen LogP contribution in [0.15, 0.2) is 6.20 Å². The van der Waals surface area contributed by atoms with Crippen LogP contribution in [0.25, 0.3) is 0 Å². The normalized spacial score (nSPS) is 14.6. The molecule has 0 spiro atoms. The predicted octanol–water partition coefficient (Wildman–Crippen LogP) is 2.14. The highest BCUT2D eigenvalue weighted by atomic mass is 32.1. The molecule has 6 nitrogen and oxygen atoms in total. The zero-order valence-electron chi connectivity index (χ0n) is 13.4. The standard InChI is InChI=1S/C14H23N3O3S/c1-13(2,3)20-12(19)16-14(4,9-18)11-15-7-10(21-11)8-17(5)6/h7,9H,8H2,1-6H3,(H,16,19). The number of aldehydes is 1. The van der Waals surface area contributed by atoms with E-state index >= 15 is 0 Å². The number of aromatic nitrogens is 1. The summed E-state index contributed by atoms with van der Waals surface area (Å²) in [5.74, 6) is 0. The number of nitrogens with zero attached hydrogens (tertiary/aromatic N) is 2. The summed E-state index contributed by atoms with van der Waals surface area (Å²) in [5.41, 5.74) is -1.80. The van der Waals surface area contributed by atoms with Gasteiger partial charge in [0.2, 0.25) is 0 Å². The van der Waals surface area contributed by atoms with Crippen molar-refractivity contribution >= 4 is 23.7 Å². The third kappa shape index (κ3) is 5.43. The van der Waals surface area contributed by atoms with Gasteiger partial charge in [0.1, 0.15) is 16.1 Å². The third-order valence-electron chi connectivity index (χ3n) is 2.47. The van der Waals surface area contributed by atoms with Gasteiger partial charge in [-0.25, -0.2) is 9.78 Å². The lowest BCUT2D eigenvalue weighted by Crippen LogP contribution is -2.46. The fraction of sp³-hybridized carbons (Fsp3) is 0.643. The molecule has 0 bridgehead atoms. The van der Waals surface area contributed by atoms with Crippen molar-refractivity contribution in [2.45, 2.75) is 45.4 Å². The van der Waals surface area contributed by atoms with Crippen LogP contribution in [0.5, 0.6) is 0 Å². The van der Waals surface area contributed by atoms with Crippen LogP contribution in [-0.2, 0) is 21.6 Å². The summed E-state index contributed by atoms with van der Waals surface area (Å²) in [6, 6.07) is 0. The molecule has 1 N–H and O–H groups in total. The molecule has 1 amide bonds. The Labute approximate surface area is 129 Å². The van der Waals surface area contributed by atoms with Crippen LogP contribution in [0.3, 0.4) is 0 Å². The highest BCUT2D eigenvalue weighted by Crippen LogP contribution is 2.25. The van der Waals surface area contributed by atoms with Gasteiger partial charge in [0.15, 0.2) is 6.29 Å². The maximum atomic E-state index is 11.9. The van der Waals surface area contributed by atoms with Gasteiger partial charge in [-0.05, 0) is 41.8 Å². The van der Waals surface area contributed by atoms with Crippen LogP contribution in [0.4, 0.5) is 4.79 Å². The van der Waals surface area contributed by atoms with Crippen LogP contribution in [0.1, 0.15) is 37.6 Å². The van der Waals surface area contributed by atoms with Gasteiger partial charge in [-0.1, -0.05) is 0 Å². The minimum atomic E-state index is -1.18. The van der Waals surface area contributed by atoms with E-state index in [1.165, 1.54) is 11.3 Å². The topological polar surface area (TPSA) is 71.5 Å². The van der Waals surface area contributed by atoms with E-state index in [4.69, 9.17) is 4.74 Å². The largest absolute Gasteiger partial charge is 0.444 e. The van der Waals surface area contributed by atoms with E-state index in [1.54, 1.807) is 33.9 Å². The van der Waals surface area contributed by atoms with E-state index in [1.807, 2.05) is 19.0 Å². The van der Waals surface area contributed by atoms with E-state index in [0.717, 1.165) is 11.4 Å². The first kappa shape index (κ1) is 17.6. The van der Waals surface area contributed by atoms with Crippen LogP contribution in [-0.4, -0.2) is 42.0 Å². The van der Waals surface area contributed by atoms with Crippen LogP contribution < -0.4 is 5.32 Å². The van der Waals surface area contributed by atoms with Crippen molar-refractivity contribution in [1.29, 1.82) is 0 Å². The molecule has 1 rings (SSSR count). The Bertz CT molecular complexity index is 508. The molecule has 1 unspecified atom stereocenters. The maximum Gasteiger partial charge on any atom is 0.408 e. The Morgan fingerprint density at radius 3 is 2.52 bits per heavy atom. The number of nitrogens with one attached hydrogen (secondary N) is 1. The van der Waals surface area contributed by atoms with Gasteiger partial charge in [-0.3, -0.25) is 0 Å². The summed E-state index contributed by atoms with van der Waals surface area (Å²) in [7, 11) is 3.91. The Hall–Kier alpha value is -1.47. The Morgan fingerprint density at radius 2 is 2.05 bits per heavy atom. The van der Waals surface area contributed by atoms with Gasteiger partial charge < -0.3 is 19.7 Å². The van der Waals surface area contributed by atoms with Crippen molar-refractivity contribution in [1.82, 2.24) is 15.2 Å². The molecule has 0 saturated carbocycles. The van der Waals surface area contributed by atoms with Crippen molar-refractivity contribution in [3.8, 4) is 0 Å². The number of amides is 1. The number of ether oxygens (including phenoxy) is 1. The monoisotopic (exact) mass is 313 g/mol. The van der Waals surface area contributed by atoms with Gasteiger partial charge in [0.05, 0.1) is 0 Å². The lowest BCUT2D eigenvalue weighted by Gasteiger charge is -2.25. The predicted molar refractivity (Wildman–Crippen MR) is 82.3 cm³/mol. The molecule has 1 aromatic rings. The molecule has 0 aliphatic rings. The molecule has 21 heavy (non-hydrogen) atoms. The van der Waals surface area contributed by atoms with Crippen molar-refractivity contribution in [2.24, 2.45) is 0 Å². The van der Waals surface area contributed by atoms with E-state index in [2.05, 4.69) is 10.3 Å². The first-order valence-electron chi connectivity index (χ1n) is 6.63. The molecular formula is C14H23N3O3S. The lowest BCUT2D eigenvalue weighted by molar-refractivity contribution is -0.113. The van der Waals surface area contributed by atoms with E-state index in [-0.39, 0.29) is 0 Å². The number of thiazole rings is 1. The van der Waals surface area contributed by atoms with Gasteiger partial charge in [-0.15, -0.1) is 11.3 Å². The average Bonchev–Trinajstić information content (AvgIpc) is 2.74. The second-order valence-electron chi connectivity index (χ2n) is 6.32. The molecule has 1 atom stereocenters. The summed E-state index contributed by atoms with van der Waals surface area (Å²) in [4.78, 5) is 30.6. The molecule has 0 aliphatic carbocycles. The Balaban J connectivity index is 2.86. The summed E-state index contributed by atoms with van der Waals surface area (Å²) < 4.78 is 5.19. The van der Waals surface area contributed by atoms with E-state index in [0.29, 0.717) is 11.3 Å². The van der Waals surface area contributed by atoms with Gasteiger partial charge in [-0.2, -0.15) is 0 Å². The lowest BCUT2D eigenvalue weighted by atomic mass is 10.1. The second kappa shape index (κ2) is 6.53. The molecule has 0 radical (unpaired) electrons. The summed E-state index contributed by atoms with van der Waals surface area (Å²) >= 11 is 1.40. The Morgan fingerprint density at radius 1 is 1.43 bits per heavy atom. The number of carbonyl (C=O) groups is 2. The third-order valence-corrected chi connectivity index (χ3v) is 3.69. The minimum absolute atomic E-state index is 0.542. The number of carbonyl (C=O) groups excluding carboxylic acids is 2. The maximum absolute atomic E-state index is 11.9. The van der Waals surface area contributed by atoms with E-state index < -0.39 is 17.2 Å².